The molecule has 0 atom stereocenters. The van der Waals surface area contributed by atoms with E-state index in [1.807, 2.05) is 30.3 Å². The predicted molar refractivity (Wildman–Crippen MR) is 118 cm³/mol. The van der Waals surface area contributed by atoms with Gasteiger partial charge in [0.25, 0.3) is 0 Å². The van der Waals surface area contributed by atoms with Crippen molar-refractivity contribution in [3.8, 4) is 11.1 Å². The first-order chi connectivity index (χ1) is 15.1. The van der Waals surface area contributed by atoms with Gasteiger partial charge in [-0.25, -0.2) is 14.6 Å². The van der Waals surface area contributed by atoms with Gasteiger partial charge in [-0.2, -0.15) is 0 Å². The molecule has 0 radical (unpaired) electrons. The summed E-state index contributed by atoms with van der Waals surface area (Å²) in [5.74, 6) is -1.03. The average molecular weight is 414 g/mol. The summed E-state index contributed by atoms with van der Waals surface area (Å²) in [6.07, 6.45) is 5.26. The average Bonchev–Trinajstić information content (AvgIpc) is 3.11. The summed E-state index contributed by atoms with van der Waals surface area (Å²) in [5, 5.41) is 11.7. The van der Waals surface area contributed by atoms with Gasteiger partial charge in [0.05, 0.1) is 0 Å². The van der Waals surface area contributed by atoms with Gasteiger partial charge >= 0.3 is 12.1 Å². The maximum absolute atomic E-state index is 12.1. The SMILES string of the molecule is O=C(NCCC=Cc1ccnc(C(=O)O)c1)OCC1c2ccccc2-c2ccccc21. The summed E-state index contributed by atoms with van der Waals surface area (Å²) in [6, 6.07) is 19.6. The lowest BCUT2D eigenvalue weighted by atomic mass is 9.98. The number of benzene rings is 2. The molecule has 2 N–H and O–H groups in total. The second kappa shape index (κ2) is 9.26. The Kier molecular flexibility index (Phi) is 6.08. The quantitative estimate of drug-likeness (QED) is 0.546. The van der Waals surface area contributed by atoms with Crippen LogP contribution < -0.4 is 5.32 Å². The highest BCUT2D eigenvalue weighted by molar-refractivity contribution is 5.86. The van der Waals surface area contributed by atoms with Crippen molar-refractivity contribution >= 4 is 18.1 Å². The lowest BCUT2D eigenvalue weighted by Crippen LogP contribution is -2.26. The van der Waals surface area contributed by atoms with Crippen molar-refractivity contribution in [1.29, 1.82) is 0 Å². The minimum Gasteiger partial charge on any atom is -0.477 e. The van der Waals surface area contributed by atoms with E-state index in [4.69, 9.17) is 9.84 Å². The summed E-state index contributed by atoms with van der Waals surface area (Å²) in [4.78, 5) is 26.9. The fourth-order valence-corrected chi connectivity index (χ4v) is 3.79. The van der Waals surface area contributed by atoms with Gasteiger partial charge in [-0.1, -0.05) is 60.7 Å². The van der Waals surface area contributed by atoms with E-state index in [0.29, 0.717) is 13.0 Å². The molecule has 1 heterocycles. The molecule has 6 nitrogen and oxygen atoms in total. The Morgan fingerprint density at radius 1 is 1.03 bits per heavy atom. The van der Waals surface area contributed by atoms with Crippen LogP contribution in [0.15, 0.2) is 72.9 Å². The first kappa shape index (κ1) is 20.3. The van der Waals surface area contributed by atoms with E-state index < -0.39 is 12.1 Å². The molecule has 1 aliphatic carbocycles. The Morgan fingerprint density at radius 2 is 1.71 bits per heavy atom. The molecular formula is C25H22N2O4. The van der Waals surface area contributed by atoms with Crippen molar-refractivity contribution in [3.05, 3.63) is 95.3 Å². The van der Waals surface area contributed by atoms with Crippen molar-refractivity contribution in [3.63, 3.8) is 0 Å². The van der Waals surface area contributed by atoms with Gasteiger partial charge in [-0.05, 0) is 46.4 Å². The Morgan fingerprint density at radius 3 is 2.39 bits per heavy atom. The molecule has 156 valence electrons. The fraction of sp³-hybridized carbons (Fsp3) is 0.160. The number of nitrogens with one attached hydrogen (secondary N) is 1. The second-order valence-electron chi connectivity index (χ2n) is 7.22. The molecule has 0 saturated carbocycles. The molecule has 4 rings (SSSR count). The van der Waals surface area contributed by atoms with Crippen molar-refractivity contribution < 1.29 is 19.4 Å². The normalized spacial score (nSPS) is 12.4. The number of ether oxygens (including phenoxy) is 1. The zero-order chi connectivity index (χ0) is 21.6. The van der Waals surface area contributed by atoms with Crippen molar-refractivity contribution in [1.82, 2.24) is 10.3 Å². The first-order valence-corrected chi connectivity index (χ1v) is 10.1. The summed E-state index contributed by atoms with van der Waals surface area (Å²) in [5.41, 5.74) is 5.49. The number of aromatic nitrogens is 1. The van der Waals surface area contributed by atoms with Crippen LogP contribution in [0.2, 0.25) is 0 Å². The number of fused-ring (bicyclic) bond motifs is 3. The predicted octanol–water partition coefficient (Wildman–Crippen LogP) is 4.72. The molecule has 0 spiro atoms. The third-order valence-corrected chi connectivity index (χ3v) is 5.24. The second-order valence-corrected chi connectivity index (χ2v) is 7.22. The van der Waals surface area contributed by atoms with E-state index in [1.165, 1.54) is 34.5 Å². The van der Waals surface area contributed by atoms with Gasteiger partial charge in [0.2, 0.25) is 0 Å². The van der Waals surface area contributed by atoms with Gasteiger partial charge in [-0.3, -0.25) is 0 Å². The van der Waals surface area contributed by atoms with Crippen LogP contribution in [0.1, 0.15) is 39.5 Å². The highest BCUT2D eigenvalue weighted by Gasteiger charge is 2.28. The smallest absolute Gasteiger partial charge is 0.407 e. The summed E-state index contributed by atoms with van der Waals surface area (Å²) in [7, 11) is 0. The molecule has 0 fully saturated rings. The van der Waals surface area contributed by atoms with Crippen LogP contribution in [0.25, 0.3) is 17.2 Å². The zero-order valence-electron chi connectivity index (χ0n) is 16.8. The zero-order valence-corrected chi connectivity index (χ0v) is 16.8. The van der Waals surface area contributed by atoms with Gasteiger partial charge in [-0.15, -0.1) is 0 Å². The van der Waals surface area contributed by atoms with Crippen LogP contribution >= 0.6 is 0 Å². The minimum atomic E-state index is -1.06. The van der Waals surface area contributed by atoms with Crippen molar-refractivity contribution in [2.45, 2.75) is 12.3 Å². The summed E-state index contributed by atoms with van der Waals surface area (Å²) < 4.78 is 5.50. The number of alkyl carbamates (subject to hydrolysis) is 1. The Labute approximate surface area is 180 Å². The fourth-order valence-electron chi connectivity index (χ4n) is 3.79. The maximum Gasteiger partial charge on any atom is 0.407 e. The molecule has 1 aliphatic rings. The molecular weight excluding hydrogens is 392 g/mol. The monoisotopic (exact) mass is 414 g/mol. The van der Waals surface area contributed by atoms with Crippen LogP contribution in [0.5, 0.6) is 0 Å². The molecule has 1 amide bonds. The number of carboxylic acid groups (broad SMARTS) is 1. The lowest BCUT2D eigenvalue weighted by molar-refractivity contribution is 0.0690. The lowest BCUT2D eigenvalue weighted by Gasteiger charge is -2.14. The standard InChI is InChI=1S/C25H22N2O4/c28-24(29)23-15-17(12-14-26-23)7-5-6-13-27-25(30)31-16-22-20-10-3-1-8-18(20)19-9-2-4-11-21(19)22/h1-5,7-12,14-15,22H,6,13,16H2,(H,27,30)(H,28,29). The van der Waals surface area contributed by atoms with Crippen LogP contribution in [0, 0.1) is 0 Å². The summed E-state index contributed by atoms with van der Waals surface area (Å²) >= 11 is 0. The van der Waals surface area contributed by atoms with E-state index >= 15 is 0 Å². The van der Waals surface area contributed by atoms with Gasteiger partial charge in [0, 0.05) is 18.7 Å². The third kappa shape index (κ3) is 4.64. The Bertz CT molecular complexity index is 1090. The van der Waals surface area contributed by atoms with Crippen LogP contribution in [-0.2, 0) is 4.74 Å². The van der Waals surface area contributed by atoms with Gasteiger partial charge < -0.3 is 15.2 Å². The number of hydrogen-bond acceptors (Lipinski definition) is 4. The van der Waals surface area contributed by atoms with Crippen LogP contribution in [-0.4, -0.2) is 35.3 Å². The number of pyridine rings is 1. The topological polar surface area (TPSA) is 88.5 Å². The number of carbonyl (C=O) groups excluding carboxylic acids is 1. The summed E-state index contributed by atoms with van der Waals surface area (Å²) in [6.45, 7) is 0.703. The number of rotatable bonds is 7. The van der Waals surface area contributed by atoms with Gasteiger partial charge in [0.1, 0.15) is 12.3 Å². The van der Waals surface area contributed by atoms with E-state index in [1.54, 1.807) is 12.1 Å². The van der Waals surface area contributed by atoms with Crippen molar-refractivity contribution in [2.24, 2.45) is 0 Å². The molecule has 0 aliphatic heterocycles. The largest absolute Gasteiger partial charge is 0.477 e. The molecule has 3 aromatic rings. The van der Waals surface area contributed by atoms with E-state index in [9.17, 15) is 9.59 Å². The van der Waals surface area contributed by atoms with Crippen LogP contribution in [0.4, 0.5) is 4.79 Å². The van der Waals surface area contributed by atoms with Crippen LogP contribution in [0.3, 0.4) is 0 Å². The number of carbonyl (C=O) groups is 2. The van der Waals surface area contributed by atoms with Crippen molar-refractivity contribution in [2.75, 3.05) is 13.2 Å². The third-order valence-electron chi connectivity index (χ3n) is 5.24. The first-order valence-electron chi connectivity index (χ1n) is 10.1. The molecule has 31 heavy (non-hydrogen) atoms. The number of carboxylic acids is 1. The Hall–Kier alpha value is -3.93. The number of amides is 1. The van der Waals surface area contributed by atoms with E-state index in [2.05, 4.69) is 34.6 Å². The molecule has 6 heteroatoms. The Balaban J connectivity index is 1.27. The number of hydrogen-bond donors (Lipinski definition) is 2. The number of aromatic carboxylic acids is 1. The van der Waals surface area contributed by atoms with E-state index in [0.717, 1.165) is 5.56 Å². The highest BCUT2D eigenvalue weighted by Crippen LogP contribution is 2.44. The molecule has 0 bridgehead atoms. The molecule has 0 saturated heterocycles. The molecule has 2 aromatic carbocycles. The highest BCUT2D eigenvalue weighted by atomic mass is 16.5. The van der Waals surface area contributed by atoms with Gasteiger partial charge in [0.15, 0.2) is 0 Å². The molecule has 0 unspecified atom stereocenters. The number of nitrogens with zero attached hydrogens (tertiary/aromatic N) is 1. The molecule has 1 aromatic heterocycles. The van der Waals surface area contributed by atoms with E-state index in [-0.39, 0.29) is 18.2 Å². The maximum atomic E-state index is 12.1. The minimum absolute atomic E-state index is 0.00101.